The van der Waals surface area contributed by atoms with E-state index in [-0.39, 0.29) is 11.6 Å². The largest absolute Gasteiger partial charge is 0.418 e. The first-order valence-electron chi connectivity index (χ1n) is 8.98. The molecule has 7 heteroatoms. The van der Waals surface area contributed by atoms with E-state index >= 15 is 0 Å². The van der Waals surface area contributed by atoms with E-state index in [1.807, 2.05) is 32.6 Å². The van der Waals surface area contributed by atoms with Gasteiger partial charge in [0.2, 0.25) is 5.91 Å². The number of rotatable bonds is 5. The van der Waals surface area contributed by atoms with Crippen LogP contribution in [0.25, 0.3) is 0 Å². The van der Waals surface area contributed by atoms with Crippen LogP contribution < -0.4 is 10.2 Å². The monoisotopic (exact) mass is 371 g/mol. The molecule has 1 heterocycles. The van der Waals surface area contributed by atoms with E-state index < -0.39 is 17.3 Å². The van der Waals surface area contributed by atoms with Crippen molar-refractivity contribution in [2.45, 2.75) is 39.4 Å². The second-order valence-electron chi connectivity index (χ2n) is 7.65. The highest BCUT2D eigenvalue weighted by Crippen LogP contribution is 2.37. The molecular formula is C19H28F3N3O. The lowest BCUT2D eigenvalue weighted by atomic mass is 9.99. The van der Waals surface area contributed by atoms with Gasteiger partial charge in [-0.2, -0.15) is 13.2 Å². The zero-order chi connectivity index (χ0) is 19.5. The van der Waals surface area contributed by atoms with Gasteiger partial charge in [0, 0.05) is 38.4 Å². The predicted octanol–water partition coefficient (Wildman–Crippen LogP) is 3.38. The average molecular weight is 371 g/mol. The third-order valence-corrected chi connectivity index (χ3v) is 4.85. The molecule has 1 aliphatic rings. The van der Waals surface area contributed by atoms with Gasteiger partial charge in [0.25, 0.3) is 0 Å². The van der Waals surface area contributed by atoms with Gasteiger partial charge < -0.3 is 10.2 Å². The lowest BCUT2D eigenvalue weighted by molar-refractivity contribution is -0.137. The predicted molar refractivity (Wildman–Crippen MR) is 97.2 cm³/mol. The maximum atomic E-state index is 13.2. The number of anilines is 1. The number of halogens is 3. The van der Waals surface area contributed by atoms with Crippen LogP contribution in [0.1, 0.15) is 33.3 Å². The lowest BCUT2D eigenvalue weighted by Gasteiger charge is -2.44. The molecular weight excluding hydrogens is 343 g/mol. The summed E-state index contributed by atoms with van der Waals surface area (Å²) < 4.78 is 39.7. The Morgan fingerprint density at radius 3 is 2.23 bits per heavy atom. The summed E-state index contributed by atoms with van der Waals surface area (Å²) in [6, 6.07) is 5.66. The molecule has 0 saturated carbocycles. The Bertz CT molecular complexity index is 621. The molecule has 1 aromatic carbocycles. The summed E-state index contributed by atoms with van der Waals surface area (Å²) in [5.41, 5.74) is -1.09. The molecule has 1 fully saturated rings. The molecule has 1 amide bonds. The molecule has 0 spiro atoms. The highest BCUT2D eigenvalue weighted by molar-refractivity contribution is 5.85. The van der Waals surface area contributed by atoms with E-state index in [2.05, 4.69) is 5.32 Å². The molecule has 1 aliphatic heterocycles. The molecule has 1 N–H and O–H groups in total. The molecule has 2 rings (SSSR count). The maximum absolute atomic E-state index is 13.2. The van der Waals surface area contributed by atoms with Crippen LogP contribution in [-0.4, -0.2) is 49.1 Å². The van der Waals surface area contributed by atoms with Crippen molar-refractivity contribution in [2.24, 2.45) is 5.92 Å². The second kappa shape index (κ2) is 7.86. The molecule has 1 saturated heterocycles. The fourth-order valence-electron chi connectivity index (χ4n) is 3.15. The van der Waals surface area contributed by atoms with Crippen LogP contribution in [0.15, 0.2) is 24.3 Å². The number of alkyl halides is 3. The highest BCUT2D eigenvalue weighted by Gasteiger charge is 2.38. The number of carbonyl (C=O) groups excluding carboxylic acids is 1. The highest BCUT2D eigenvalue weighted by atomic mass is 19.4. The van der Waals surface area contributed by atoms with Crippen LogP contribution in [0.4, 0.5) is 18.9 Å². The van der Waals surface area contributed by atoms with Crippen LogP contribution in [0, 0.1) is 5.92 Å². The number of benzene rings is 1. The van der Waals surface area contributed by atoms with Crippen molar-refractivity contribution < 1.29 is 18.0 Å². The second-order valence-corrected chi connectivity index (χ2v) is 7.65. The molecule has 1 aromatic rings. The number of carbonyl (C=O) groups is 1. The Morgan fingerprint density at radius 2 is 1.69 bits per heavy atom. The number of amides is 1. The standard InChI is InChI=1S/C19H28F3N3O/c1-14(2)13-23-17(26)18(3,4)25-11-9-24(10-12-25)16-8-6-5-7-15(16)19(20,21)22/h5-8,14H,9-13H2,1-4H3,(H,23,26). The molecule has 146 valence electrons. The topological polar surface area (TPSA) is 35.6 Å². The third kappa shape index (κ3) is 4.69. The summed E-state index contributed by atoms with van der Waals surface area (Å²) in [7, 11) is 0. The van der Waals surface area contributed by atoms with Crippen LogP contribution in [0.2, 0.25) is 0 Å². The van der Waals surface area contributed by atoms with Gasteiger partial charge in [-0.25, -0.2) is 0 Å². The maximum Gasteiger partial charge on any atom is 0.418 e. The smallest absolute Gasteiger partial charge is 0.368 e. The Morgan fingerprint density at radius 1 is 1.12 bits per heavy atom. The van der Waals surface area contributed by atoms with Gasteiger partial charge in [0.1, 0.15) is 0 Å². The number of piperazine rings is 1. The Balaban J connectivity index is 2.04. The Kier molecular flexibility index (Phi) is 6.21. The first-order valence-corrected chi connectivity index (χ1v) is 8.98. The van der Waals surface area contributed by atoms with Crippen LogP contribution in [0.5, 0.6) is 0 Å². The van der Waals surface area contributed by atoms with Crippen molar-refractivity contribution in [3.63, 3.8) is 0 Å². The molecule has 0 aliphatic carbocycles. The molecule has 0 radical (unpaired) electrons. The van der Waals surface area contributed by atoms with Gasteiger partial charge >= 0.3 is 6.18 Å². The summed E-state index contributed by atoms with van der Waals surface area (Å²) in [5.74, 6) is 0.320. The minimum absolute atomic E-state index is 0.0460. The zero-order valence-corrected chi connectivity index (χ0v) is 15.9. The van der Waals surface area contributed by atoms with Gasteiger partial charge in [-0.05, 0) is 31.9 Å². The first-order chi connectivity index (χ1) is 12.0. The normalized spacial score (nSPS) is 16.8. The van der Waals surface area contributed by atoms with Gasteiger partial charge in [-0.1, -0.05) is 26.0 Å². The minimum Gasteiger partial charge on any atom is -0.368 e. The van der Waals surface area contributed by atoms with Crippen LogP contribution in [0.3, 0.4) is 0 Å². The van der Waals surface area contributed by atoms with Crippen molar-refractivity contribution in [1.82, 2.24) is 10.2 Å². The summed E-state index contributed by atoms with van der Waals surface area (Å²) in [6.45, 7) is 10.4. The van der Waals surface area contributed by atoms with Crippen LogP contribution in [-0.2, 0) is 11.0 Å². The van der Waals surface area contributed by atoms with Crippen molar-refractivity contribution in [1.29, 1.82) is 0 Å². The van der Waals surface area contributed by atoms with E-state index in [1.54, 1.807) is 11.0 Å². The minimum atomic E-state index is -4.37. The Hall–Kier alpha value is -1.76. The zero-order valence-electron chi connectivity index (χ0n) is 15.9. The lowest BCUT2D eigenvalue weighted by Crippen LogP contribution is -2.61. The van der Waals surface area contributed by atoms with Gasteiger partial charge in [-0.3, -0.25) is 9.69 Å². The Labute approximate surface area is 153 Å². The number of hydrogen-bond acceptors (Lipinski definition) is 3. The molecule has 4 nitrogen and oxygen atoms in total. The van der Waals surface area contributed by atoms with E-state index in [0.717, 1.165) is 6.07 Å². The number of hydrogen-bond donors (Lipinski definition) is 1. The number of nitrogens with one attached hydrogen (secondary N) is 1. The van der Waals surface area contributed by atoms with Crippen molar-refractivity contribution in [3.05, 3.63) is 29.8 Å². The summed E-state index contributed by atoms with van der Waals surface area (Å²) in [4.78, 5) is 16.3. The fourth-order valence-corrected chi connectivity index (χ4v) is 3.15. The molecule has 0 atom stereocenters. The van der Waals surface area contributed by atoms with Gasteiger partial charge in [-0.15, -0.1) is 0 Å². The summed E-state index contributed by atoms with van der Waals surface area (Å²) in [6.07, 6.45) is -4.37. The van der Waals surface area contributed by atoms with E-state index in [9.17, 15) is 18.0 Å². The van der Waals surface area contributed by atoms with Crippen molar-refractivity contribution >= 4 is 11.6 Å². The summed E-state index contributed by atoms with van der Waals surface area (Å²) in [5, 5.41) is 2.95. The summed E-state index contributed by atoms with van der Waals surface area (Å²) >= 11 is 0. The average Bonchev–Trinajstić information content (AvgIpc) is 2.59. The van der Waals surface area contributed by atoms with Crippen molar-refractivity contribution in [2.75, 3.05) is 37.6 Å². The molecule has 0 bridgehead atoms. The molecule has 0 unspecified atom stereocenters. The SMILES string of the molecule is CC(C)CNC(=O)C(C)(C)N1CCN(c2ccccc2C(F)(F)F)CC1. The van der Waals surface area contributed by atoms with Gasteiger partial charge in [0.15, 0.2) is 0 Å². The van der Waals surface area contributed by atoms with Gasteiger partial charge in [0.05, 0.1) is 11.1 Å². The van der Waals surface area contributed by atoms with Crippen LogP contribution >= 0.6 is 0 Å². The number of nitrogens with zero attached hydrogens (tertiary/aromatic N) is 2. The first kappa shape index (κ1) is 20.6. The quantitative estimate of drug-likeness (QED) is 0.862. The molecule has 26 heavy (non-hydrogen) atoms. The van der Waals surface area contributed by atoms with E-state index in [4.69, 9.17) is 0 Å². The van der Waals surface area contributed by atoms with E-state index in [0.29, 0.717) is 38.6 Å². The van der Waals surface area contributed by atoms with Crippen molar-refractivity contribution in [3.8, 4) is 0 Å². The third-order valence-electron chi connectivity index (χ3n) is 4.85. The van der Waals surface area contributed by atoms with E-state index in [1.165, 1.54) is 12.1 Å². The fraction of sp³-hybridized carbons (Fsp3) is 0.632. The molecule has 0 aromatic heterocycles. The number of para-hydroxylation sites is 1.